The summed E-state index contributed by atoms with van der Waals surface area (Å²) in [6.07, 6.45) is 1.14. The molecule has 11 heavy (non-hydrogen) atoms. The van der Waals surface area contributed by atoms with Crippen molar-refractivity contribution in [2.45, 2.75) is 20.3 Å². The highest BCUT2D eigenvalue weighted by molar-refractivity contribution is 5.13. The predicted molar refractivity (Wildman–Crippen MR) is 47.5 cm³/mol. The Hall–Kier alpha value is -0.850. The fourth-order valence-corrected chi connectivity index (χ4v) is 0.714. The van der Waals surface area contributed by atoms with Gasteiger partial charge in [-0.3, -0.25) is 4.39 Å². The van der Waals surface area contributed by atoms with Crippen molar-refractivity contribution >= 4 is 0 Å². The van der Waals surface area contributed by atoms with Crippen molar-refractivity contribution in [3.63, 3.8) is 0 Å². The van der Waals surface area contributed by atoms with Crippen molar-refractivity contribution in [1.82, 2.24) is 0 Å². The molecule has 62 valence electrons. The summed E-state index contributed by atoms with van der Waals surface area (Å²) in [5.74, 6) is 0. The van der Waals surface area contributed by atoms with Crippen LogP contribution in [-0.2, 0) is 6.42 Å². The van der Waals surface area contributed by atoms with Crippen molar-refractivity contribution in [1.29, 1.82) is 0 Å². The highest BCUT2D eigenvalue weighted by Gasteiger charge is 1.79. The van der Waals surface area contributed by atoms with Gasteiger partial charge in [0.25, 0.3) is 0 Å². The standard InChI is InChI=1S/C8H10.C2H5F/c1-2-8-6-4-3-5-7-8;1-2-3/h3-7H,2H2,1H3;2H2,1H3. The summed E-state index contributed by atoms with van der Waals surface area (Å²) in [6, 6.07) is 10.5. The van der Waals surface area contributed by atoms with E-state index in [1.54, 1.807) is 0 Å². The molecule has 0 N–H and O–H groups in total. The highest BCUT2D eigenvalue weighted by Crippen LogP contribution is 1.96. The van der Waals surface area contributed by atoms with E-state index in [0.717, 1.165) is 6.42 Å². The Morgan fingerprint density at radius 1 is 1.09 bits per heavy atom. The zero-order valence-electron chi connectivity index (χ0n) is 7.18. The van der Waals surface area contributed by atoms with Gasteiger partial charge in [-0.2, -0.15) is 0 Å². The lowest BCUT2D eigenvalue weighted by atomic mass is 10.2. The molecule has 1 aromatic carbocycles. The lowest BCUT2D eigenvalue weighted by Gasteiger charge is -1.89. The van der Waals surface area contributed by atoms with Gasteiger partial charge in [0.05, 0.1) is 6.67 Å². The van der Waals surface area contributed by atoms with Gasteiger partial charge in [0.1, 0.15) is 0 Å². The van der Waals surface area contributed by atoms with Gasteiger partial charge >= 0.3 is 0 Å². The Morgan fingerprint density at radius 2 is 1.55 bits per heavy atom. The maximum Gasteiger partial charge on any atom is 0.0866 e. The van der Waals surface area contributed by atoms with Crippen molar-refractivity contribution < 1.29 is 4.39 Å². The summed E-state index contributed by atoms with van der Waals surface area (Å²) >= 11 is 0. The number of aryl methyl sites for hydroxylation is 1. The van der Waals surface area contributed by atoms with Crippen LogP contribution in [-0.4, -0.2) is 6.67 Å². The van der Waals surface area contributed by atoms with Gasteiger partial charge in [-0.05, 0) is 18.9 Å². The van der Waals surface area contributed by atoms with Crippen LogP contribution in [0.25, 0.3) is 0 Å². The van der Waals surface area contributed by atoms with Crippen LogP contribution in [0.5, 0.6) is 0 Å². The minimum atomic E-state index is -0.250. The number of alkyl halides is 1. The third kappa shape index (κ3) is 5.59. The zero-order valence-corrected chi connectivity index (χ0v) is 7.18. The number of halogens is 1. The molecule has 1 aromatic rings. The van der Waals surface area contributed by atoms with Crippen LogP contribution < -0.4 is 0 Å². The van der Waals surface area contributed by atoms with E-state index in [4.69, 9.17) is 0 Å². The van der Waals surface area contributed by atoms with E-state index in [9.17, 15) is 4.39 Å². The van der Waals surface area contributed by atoms with Crippen LogP contribution in [0.4, 0.5) is 4.39 Å². The molecule has 0 aliphatic heterocycles. The van der Waals surface area contributed by atoms with Crippen LogP contribution in [0, 0.1) is 0 Å². The van der Waals surface area contributed by atoms with Crippen LogP contribution >= 0.6 is 0 Å². The number of hydrogen-bond donors (Lipinski definition) is 0. The summed E-state index contributed by atoms with van der Waals surface area (Å²) in [6.45, 7) is 3.37. The van der Waals surface area contributed by atoms with Gasteiger partial charge in [-0.15, -0.1) is 0 Å². The Morgan fingerprint density at radius 3 is 1.82 bits per heavy atom. The van der Waals surface area contributed by atoms with Gasteiger partial charge in [0, 0.05) is 0 Å². The smallest absolute Gasteiger partial charge is 0.0866 e. The first-order valence-corrected chi connectivity index (χ1v) is 3.95. The van der Waals surface area contributed by atoms with Crippen molar-refractivity contribution in [3.05, 3.63) is 35.9 Å². The fourth-order valence-electron chi connectivity index (χ4n) is 0.714. The molecule has 0 spiro atoms. The van der Waals surface area contributed by atoms with Crippen LogP contribution in [0.3, 0.4) is 0 Å². The van der Waals surface area contributed by atoms with Gasteiger partial charge in [0.2, 0.25) is 0 Å². The molecule has 1 rings (SSSR count). The molecule has 0 saturated heterocycles. The molecule has 0 fully saturated rings. The molecular formula is C10H15F. The van der Waals surface area contributed by atoms with Crippen molar-refractivity contribution in [2.75, 3.05) is 6.67 Å². The van der Waals surface area contributed by atoms with E-state index in [0.29, 0.717) is 0 Å². The van der Waals surface area contributed by atoms with Gasteiger partial charge < -0.3 is 0 Å². The van der Waals surface area contributed by atoms with E-state index in [-0.39, 0.29) is 6.67 Å². The largest absolute Gasteiger partial charge is 0.251 e. The van der Waals surface area contributed by atoms with Gasteiger partial charge in [-0.1, -0.05) is 37.3 Å². The first kappa shape index (κ1) is 10.2. The summed E-state index contributed by atoms with van der Waals surface area (Å²) in [5.41, 5.74) is 1.41. The quantitative estimate of drug-likeness (QED) is 0.582. The Kier molecular flexibility index (Phi) is 6.70. The third-order valence-corrected chi connectivity index (χ3v) is 1.25. The molecule has 0 aliphatic rings. The Labute approximate surface area is 68.1 Å². The second kappa shape index (κ2) is 7.26. The molecule has 0 aromatic heterocycles. The first-order valence-electron chi connectivity index (χ1n) is 3.95. The Balaban J connectivity index is 0.000000292. The molecule has 1 heteroatoms. The zero-order chi connectivity index (χ0) is 8.53. The van der Waals surface area contributed by atoms with Crippen molar-refractivity contribution in [2.24, 2.45) is 0 Å². The van der Waals surface area contributed by atoms with Crippen LogP contribution in [0.2, 0.25) is 0 Å². The van der Waals surface area contributed by atoms with Gasteiger partial charge in [-0.25, -0.2) is 0 Å². The highest BCUT2D eigenvalue weighted by atomic mass is 19.1. The average Bonchev–Trinajstić information content (AvgIpc) is 2.08. The Bertz CT molecular complexity index is 158. The maximum atomic E-state index is 10.3. The maximum absolute atomic E-state index is 10.3. The van der Waals surface area contributed by atoms with Gasteiger partial charge in [0.15, 0.2) is 0 Å². The summed E-state index contributed by atoms with van der Waals surface area (Å²) < 4.78 is 10.3. The second-order valence-electron chi connectivity index (χ2n) is 2.11. The molecular weight excluding hydrogens is 139 g/mol. The minimum Gasteiger partial charge on any atom is -0.251 e. The van der Waals surface area contributed by atoms with Crippen LogP contribution in [0.1, 0.15) is 19.4 Å². The fraction of sp³-hybridized carbons (Fsp3) is 0.400. The normalized spacial score (nSPS) is 8.27. The number of hydrogen-bond acceptors (Lipinski definition) is 0. The molecule has 0 saturated carbocycles. The lowest BCUT2D eigenvalue weighted by molar-refractivity contribution is 0.527. The molecule has 0 amide bonds. The molecule has 0 radical (unpaired) electrons. The van der Waals surface area contributed by atoms with Crippen LogP contribution in [0.15, 0.2) is 30.3 Å². The molecule has 0 bridgehead atoms. The minimum absolute atomic E-state index is 0.250. The van der Waals surface area contributed by atoms with E-state index >= 15 is 0 Å². The first-order chi connectivity index (χ1) is 5.35. The summed E-state index contributed by atoms with van der Waals surface area (Å²) in [7, 11) is 0. The van der Waals surface area contributed by atoms with E-state index < -0.39 is 0 Å². The molecule has 0 nitrogen and oxygen atoms in total. The van der Waals surface area contributed by atoms with E-state index in [1.807, 2.05) is 6.07 Å². The molecule has 0 aliphatic carbocycles. The average molecular weight is 154 g/mol. The second-order valence-corrected chi connectivity index (χ2v) is 2.11. The van der Waals surface area contributed by atoms with Crippen molar-refractivity contribution in [3.8, 4) is 0 Å². The number of rotatable bonds is 1. The monoisotopic (exact) mass is 154 g/mol. The topological polar surface area (TPSA) is 0 Å². The molecule has 0 atom stereocenters. The molecule has 0 unspecified atom stereocenters. The molecule has 0 heterocycles. The summed E-state index contributed by atoms with van der Waals surface area (Å²) in [4.78, 5) is 0. The lowest BCUT2D eigenvalue weighted by Crippen LogP contribution is -1.73. The van der Waals surface area contributed by atoms with E-state index in [2.05, 4.69) is 31.2 Å². The van der Waals surface area contributed by atoms with E-state index in [1.165, 1.54) is 12.5 Å². The number of benzene rings is 1. The SMILES string of the molecule is CCF.CCc1ccccc1. The third-order valence-electron chi connectivity index (χ3n) is 1.25. The summed E-state index contributed by atoms with van der Waals surface area (Å²) in [5, 5.41) is 0. The predicted octanol–water partition coefficient (Wildman–Crippen LogP) is 3.22.